The molecule has 0 aromatic heterocycles. The summed E-state index contributed by atoms with van der Waals surface area (Å²) in [6.07, 6.45) is 4.04. The quantitative estimate of drug-likeness (QED) is 0.519. The fourth-order valence-electron chi connectivity index (χ4n) is 1.86. The summed E-state index contributed by atoms with van der Waals surface area (Å²) in [6, 6.07) is 0.660. The van der Waals surface area contributed by atoms with Crippen LogP contribution in [0.25, 0.3) is 0 Å². The molecule has 78 valence electrons. The minimum atomic E-state index is 0.660. The van der Waals surface area contributed by atoms with E-state index >= 15 is 0 Å². The minimum Gasteiger partial charge on any atom is -0.298 e. The van der Waals surface area contributed by atoms with Gasteiger partial charge in [-0.05, 0) is 25.1 Å². The lowest BCUT2D eigenvalue weighted by molar-refractivity contribution is 0.173. The summed E-state index contributed by atoms with van der Waals surface area (Å²) in [4.78, 5) is 2.57. The summed E-state index contributed by atoms with van der Waals surface area (Å²) >= 11 is 7.97. The molecule has 1 fully saturated rings. The summed E-state index contributed by atoms with van der Waals surface area (Å²) in [5, 5.41) is 0. The zero-order chi connectivity index (χ0) is 9.52. The number of thioether (sulfide) groups is 1. The van der Waals surface area contributed by atoms with Crippen molar-refractivity contribution < 1.29 is 0 Å². The van der Waals surface area contributed by atoms with E-state index in [0.717, 1.165) is 5.88 Å². The topological polar surface area (TPSA) is 3.24 Å². The van der Waals surface area contributed by atoms with Crippen LogP contribution in [0.5, 0.6) is 0 Å². The first-order chi connectivity index (χ1) is 6.38. The summed E-state index contributed by atoms with van der Waals surface area (Å²) < 4.78 is 0. The van der Waals surface area contributed by atoms with Gasteiger partial charge in [0.05, 0.1) is 0 Å². The summed E-state index contributed by atoms with van der Waals surface area (Å²) in [6.45, 7) is 4.72. The van der Waals surface area contributed by atoms with Gasteiger partial charge in [0.2, 0.25) is 0 Å². The van der Waals surface area contributed by atoms with E-state index < -0.39 is 0 Å². The van der Waals surface area contributed by atoms with Gasteiger partial charge in [-0.15, -0.1) is 11.6 Å². The molecule has 0 N–H and O–H groups in total. The van der Waals surface area contributed by atoms with Crippen LogP contribution in [0.15, 0.2) is 0 Å². The number of piperidine rings is 1. The molecule has 0 aromatic carbocycles. The fourth-order valence-corrected chi connectivity index (χ4v) is 2.86. The van der Waals surface area contributed by atoms with E-state index in [2.05, 4.69) is 11.8 Å². The predicted molar refractivity (Wildman–Crippen MR) is 62.9 cm³/mol. The maximum atomic E-state index is 5.94. The Morgan fingerprint density at radius 2 is 2.31 bits per heavy atom. The number of halogens is 1. The van der Waals surface area contributed by atoms with E-state index in [1.165, 1.54) is 43.9 Å². The van der Waals surface area contributed by atoms with Crippen molar-refractivity contribution in [2.24, 2.45) is 0 Å². The average molecular weight is 222 g/mol. The SMILES string of the molecule is CCSCCN1CCCCC1CCl. The normalized spacial score (nSPS) is 24.9. The number of alkyl halides is 1. The van der Waals surface area contributed by atoms with Gasteiger partial charge in [-0.25, -0.2) is 0 Å². The first-order valence-electron chi connectivity index (χ1n) is 5.26. The van der Waals surface area contributed by atoms with E-state index in [1.54, 1.807) is 0 Å². The Hall–Kier alpha value is 0.600. The molecule has 0 saturated carbocycles. The number of hydrogen-bond donors (Lipinski definition) is 0. The molecule has 0 radical (unpaired) electrons. The Labute approximate surface area is 91.2 Å². The minimum absolute atomic E-state index is 0.660. The molecule has 1 saturated heterocycles. The molecule has 0 aliphatic carbocycles. The highest BCUT2D eigenvalue weighted by Gasteiger charge is 2.20. The first kappa shape index (κ1) is 11.7. The Morgan fingerprint density at radius 1 is 1.46 bits per heavy atom. The van der Waals surface area contributed by atoms with Crippen LogP contribution in [0, 0.1) is 0 Å². The van der Waals surface area contributed by atoms with Crippen LogP contribution >= 0.6 is 23.4 Å². The summed E-state index contributed by atoms with van der Waals surface area (Å²) in [7, 11) is 0. The molecule has 13 heavy (non-hydrogen) atoms. The highest BCUT2D eigenvalue weighted by Crippen LogP contribution is 2.18. The van der Waals surface area contributed by atoms with Gasteiger partial charge in [-0.3, -0.25) is 4.90 Å². The Kier molecular flexibility index (Phi) is 6.26. The smallest absolute Gasteiger partial charge is 0.0379 e. The zero-order valence-electron chi connectivity index (χ0n) is 8.47. The van der Waals surface area contributed by atoms with Gasteiger partial charge in [0, 0.05) is 24.2 Å². The van der Waals surface area contributed by atoms with Crippen molar-refractivity contribution in [1.29, 1.82) is 0 Å². The molecule has 1 rings (SSSR count). The molecule has 1 aliphatic rings. The third-order valence-corrected chi connectivity index (χ3v) is 3.89. The van der Waals surface area contributed by atoms with Crippen LogP contribution < -0.4 is 0 Å². The van der Waals surface area contributed by atoms with Crippen LogP contribution in [0.2, 0.25) is 0 Å². The lowest BCUT2D eigenvalue weighted by atomic mass is 10.0. The summed E-state index contributed by atoms with van der Waals surface area (Å²) in [5.74, 6) is 3.32. The van der Waals surface area contributed by atoms with Gasteiger partial charge >= 0.3 is 0 Å². The van der Waals surface area contributed by atoms with Crippen LogP contribution in [-0.2, 0) is 0 Å². The van der Waals surface area contributed by atoms with Crippen LogP contribution in [0.3, 0.4) is 0 Å². The van der Waals surface area contributed by atoms with Gasteiger partial charge < -0.3 is 0 Å². The molecule has 3 heteroatoms. The molecule has 1 nitrogen and oxygen atoms in total. The van der Waals surface area contributed by atoms with Gasteiger partial charge in [-0.2, -0.15) is 11.8 Å². The number of likely N-dealkylation sites (tertiary alicyclic amines) is 1. The first-order valence-corrected chi connectivity index (χ1v) is 6.95. The van der Waals surface area contributed by atoms with E-state index in [0.29, 0.717) is 6.04 Å². The third-order valence-electron chi connectivity index (χ3n) is 2.65. The van der Waals surface area contributed by atoms with Crippen molar-refractivity contribution in [3.05, 3.63) is 0 Å². The van der Waals surface area contributed by atoms with Crippen molar-refractivity contribution in [2.75, 3.05) is 30.5 Å². The predicted octanol–water partition coefficient (Wildman–Crippen LogP) is 2.83. The second-order valence-corrected chi connectivity index (χ2v) is 5.24. The molecule has 1 aliphatic heterocycles. The molecule has 1 heterocycles. The highest BCUT2D eigenvalue weighted by molar-refractivity contribution is 7.99. The van der Waals surface area contributed by atoms with Crippen LogP contribution in [-0.4, -0.2) is 41.4 Å². The maximum Gasteiger partial charge on any atom is 0.0379 e. The van der Waals surface area contributed by atoms with Gasteiger partial charge in [0.25, 0.3) is 0 Å². The average Bonchev–Trinajstić information content (AvgIpc) is 2.19. The maximum absolute atomic E-state index is 5.94. The molecule has 0 amide bonds. The fraction of sp³-hybridized carbons (Fsp3) is 1.00. The van der Waals surface area contributed by atoms with Gasteiger partial charge in [0.1, 0.15) is 0 Å². The zero-order valence-corrected chi connectivity index (χ0v) is 10.0. The van der Waals surface area contributed by atoms with Crippen LogP contribution in [0.1, 0.15) is 26.2 Å². The highest BCUT2D eigenvalue weighted by atomic mass is 35.5. The van der Waals surface area contributed by atoms with Crippen molar-refractivity contribution >= 4 is 23.4 Å². The Morgan fingerprint density at radius 3 is 3.00 bits per heavy atom. The third kappa shape index (κ3) is 4.09. The second kappa shape index (κ2) is 6.97. The van der Waals surface area contributed by atoms with E-state index in [9.17, 15) is 0 Å². The lowest BCUT2D eigenvalue weighted by Gasteiger charge is -2.34. The lowest BCUT2D eigenvalue weighted by Crippen LogP contribution is -2.41. The monoisotopic (exact) mass is 221 g/mol. The molecule has 1 atom stereocenters. The second-order valence-electron chi connectivity index (χ2n) is 3.54. The molecule has 0 bridgehead atoms. The van der Waals surface area contributed by atoms with Gasteiger partial charge in [0.15, 0.2) is 0 Å². The van der Waals surface area contributed by atoms with E-state index in [-0.39, 0.29) is 0 Å². The molecule has 1 unspecified atom stereocenters. The Bertz CT molecular complexity index is 132. The number of hydrogen-bond acceptors (Lipinski definition) is 2. The largest absolute Gasteiger partial charge is 0.298 e. The number of rotatable bonds is 5. The van der Waals surface area contributed by atoms with Gasteiger partial charge in [-0.1, -0.05) is 13.3 Å². The molecular weight excluding hydrogens is 202 g/mol. The van der Waals surface area contributed by atoms with Crippen molar-refractivity contribution in [1.82, 2.24) is 4.90 Å². The Balaban J connectivity index is 2.19. The number of nitrogens with zero attached hydrogens (tertiary/aromatic N) is 1. The van der Waals surface area contributed by atoms with Crippen LogP contribution in [0.4, 0.5) is 0 Å². The molecule has 0 aromatic rings. The van der Waals surface area contributed by atoms with Crippen molar-refractivity contribution in [2.45, 2.75) is 32.2 Å². The summed E-state index contributed by atoms with van der Waals surface area (Å²) in [5.41, 5.74) is 0. The molecule has 0 spiro atoms. The van der Waals surface area contributed by atoms with E-state index in [1.807, 2.05) is 11.8 Å². The molecular formula is C10H20ClNS. The van der Waals surface area contributed by atoms with Crippen molar-refractivity contribution in [3.63, 3.8) is 0 Å². The van der Waals surface area contributed by atoms with Crippen molar-refractivity contribution in [3.8, 4) is 0 Å². The standard InChI is InChI=1S/C10H20ClNS/c1-2-13-8-7-12-6-4-3-5-10(12)9-11/h10H,2-9H2,1H3. The van der Waals surface area contributed by atoms with E-state index in [4.69, 9.17) is 11.6 Å².